The van der Waals surface area contributed by atoms with Crippen molar-refractivity contribution in [3.05, 3.63) is 166 Å². The molecule has 0 saturated carbocycles. The van der Waals surface area contributed by atoms with Gasteiger partial charge in [0.2, 0.25) is 0 Å². The second-order valence-corrected chi connectivity index (χ2v) is 14.3. The molecular weight excluding hydrogens is 801 g/mol. The predicted octanol–water partition coefficient (Wildman–Crippen LogP) is 12.6. The molecular formula is C49H21F6N7. The maximum absolute atomic E-state index is 14.8. The number of alkyl halides is 6. The molecule has 9 aromatic rings. The Kier molecular flexibility index (Phi) is 8.84. The largest absolute Gasteiger partial charge is 0.417 e. The molecule has 0 amide bonds. The highest BCUT2D eigenvalue weighted by molar-refractivity contribution is 6.12. The molecule has 0 bridgehead atoms. The number of hydrogen-bond acceptors (Lipinski definition) is 5. The Balaban J connectivity index is 1.47. The molecule has 13 heteroatoms. The minimum absolute atomic E-state index is 0.115. The minimum atomic E-state index is -5.20. The summed E-state index contributed by atoms with van der Waals surface area (Å²) in [5, 5.41) is 51.8. The van der Waals surface area contributed by atoms with E-state index in [0.717, 1.165) is 0 Å². The Morgan fingerprint density at radius 1 is 0.371 bits per heavy atom. The second-order valence-electron chi connectivity index (χ2n) is 14.3. The highest BCUT2D eigenvalue weighted by atomic mass is 19.4. The van der Waals surface area contributed by atoms with E-state index in [9.17, 15) is 52.7 Å². The zero-order chi connectivity index (χ0) is 43.7. The fraction of sp³-hybridized carbons (Fsp3) is 0.0408. The Bertz CT molecular complexity index is 3450. The molecule has 7 nitrogen and oxygen atoms in total. The predicted molar refractivity (Wildman–Crippen MR) is 220 cm³/mol. The fourth-order valence-electron chi connectivity index (χ4n) is 8.30. The molecule has 0 spiro atoms. The van der Waals surface area contributed by atoms with Crippen LogP contribution in [-0.2, 0) is 12.4 Å². The fourth-order valence-corrected chi connectivity index (χ4v) is 8.30. The maximum Gasteiger partial charge on any atom is 0.417 e. The average Bonchev–Trinajstić information content (AvgIpc) is 3.78. The molecule has 0 aliphatic carbocycles. The van der Waals surface area contributed by atoms with E-state index in [2.05, 4.69) is 30.3 Å². The van der Waals surface area contributed by atoms with Gasteiger partial charge < -0.3 is 9.13 Å². The van der Waals surface area contributed by atoms with Crippen molar-refractivity contribution in [3.63, 3.8) is 0 Å². The average molecular weight is 822 g/mol. The highest BCUT2D eigenvalue weighted by Crippen LogP contribution is 2.48. The van der Waals surface area contributed by atoms with Crippen LogP contribution in [0, 0.1) is 56.7 Å². The summed E-state index contributed by atoms with van der Waals surface area (Å²) in [4.78, 5) is 0. The summed E-state index contributed by atoms with van der Waals surface area (Å²) < 4.78 is 92.1. The number of aromatic nitrogens is 2. The summed E-state index contributed by atoms with van der Waals surface area (Å²) in [5.74, 6) is 0. The van der Waals surface area contributed by atoms with Crippen LogP contribution in [-0.4, -0.2) is 9.13 Å². The third-order valence-corrected chi connectivity index (χ3v) is 10.9. The van der Waals surface area contributed by atoms with Gasteiger partial charge in [0.25, 0.3) is 0 Å². The molecule has 62 heavy (non-hydrogen) atoms. The van der Waals surface area contributed by atoms with Crippen molar-refractivity contribution in [1.29, 1.82) is 26.3 Å². The van der Waals surface area contributed by atoms with Gasteiger partial charge in [0, 0.05) is 38.2 Å². The number of nitrogens with zero attached hydrogens (tertiary/aromatic N) is 7. The number of rotatable bonds is 4. The van der Waals surface area contributed by atoms with Crippen LogP contribution >= 0.6 is 0 Å². The molecule has 0 aliphatic heterocycles. The zero-order valence-corrected chi connectivity index (χ0v) is 31.5. The number of hydrogen-bond donors (Lipinski definition) is 0. The smallest absolute Gasteiger partial charge is 0.309 e. The molecule has 0 fully saturated rings. The summed E-state index contributed by atoms with van der Waals surface area (Å²) >= 11 is 0. The molecule has 0 atom stereocenters. The van der Waals surface area contributed by atoms with Gasteiger partial charge in [-0.25, -0.2) is 0 Å². The summed E-state index contributed by atoms with van der Waals surface area (Å²) in [6.45, 7) is 0. The molecule has 2 heterocycles. The number of halogens is 6. The van der Waals surface area contributed by atoms with Crippen LogP contribution in [0.25, 0.3) is 77.2 Å². The first-order valence-electron chi connectivity index (χ1n) is 18.5. The van der Waals surface area contributed by atoms with Crippen LogP contribution < -0.4 is 0 Å². The van der Waals surface area contributed by atoms with E-state index in [0.29, 0.717) is 89.8 Å². The monoisotopic (exact) mass is 821 g/mol. The Labute approximate surface area is 347 Å². The molecule has 294 valence electrons. The molecule has 0 unspecified atom stereocenters. The van der Waals surface area contributed by atoms with E-state index in [-0.39, 0.29) is 22.4 Å². The van der Waals surface area contributed by atoms with Gasteiger partial charge in [-0.05, 0) is 121 Å². The van der Waals surface area contributed by atoms with Crippen LogP contribution in [0.1, 0.15) is 38.9 Å². The summed E-state index contributed by atoms with van der Waals surface area (Å²) in [6.07, 6.45) is -10.4. The van der Waals surface area contributed by atoms with Crippen molar-refractivity contribution in [2.45, 2.75) is 12.4 Å². The lowest BCUT2D eigenvalue weighted by atomic mass is 9.90. The van der Waals surface area contributed by atoms with Crippen molar-refractivity contribution in [2.24, 2.45) is 0 Å². The lowest BCUT2D eigenvalue weighted by Gasteiger charge is -2.22. The van der Waals surface area contributed by atoms with E-state index in [1.54, 1.807) is 88.0 Å². The summed E-state index contributed by atoms with van der Waals surface area (Å²) in [7, 11) is 0. The van der Waals surface area contributed by atoms with Gasteiger partial charge in [0.05, 0.1) is 103 Å². The van der Waals surface area contributed by atoms with Crippen molar-refractivity contribution >= 4 is 43.6 Å². The van der Waals surface area contributed by atoms with Gasteiger partial charge in [0.1, 0.15) is 0 Å². The first kappa shape index (κ1) is 38.7. The maximum atomic E-state index is 14.8. The third kappa shape index (κ3) is 6.11. The molecule has 7 aromatic carbocycles. The van der Waals surface area contributed by atoms with E-state index >= 15 is 0 Å². The molecule has 0 saturated heterocycles. The normalized spacial score (nSPS) is 11.6. The first-order chi connectivity index (χ1) is 29.8. The number of nitriles is 5. The Morgan fingerprint density at radius 2 is 0.694 bits per heavy atom. The Hall–Kier alpha value is -8.83. The van der Waals surface area contributed by atoms with Gasteiger partial charge in [-0.2, -0.15) is 52.7 Å². The third-order valence-electron chi connectivity index (χ3n) is 10.9. The number of fused-ring (bicyclic) bond motifs is 6. The van der Waals surface area contributed by atoms with Crippen LogP contribution in [0.4, 0.5) is 26.3 Å². The van der Waals surface area contributed by atoms with E-state index in [1.807, 2.05) is 0 Å². The second kappa shape index (κ2) is 14.2. The summed E-state index contributed by atoms with van der Waals surface area (Å²) in [6, 6.07) is 40.6. The van der Waals surface area contributed by atoms with E-state index < -0.39 is 34.6 Å². The minimum Gasteiger partial charge on any atom is -0.309 e. The van der Waals surface area contributed by atoms with Crippen molar-refractivity contribution in [3.8, 4) is 64.0 Å². The topological polar surface area (TPSA) is 129 Å². The Morgan fingerprint density at radius 3 is 1.05 bits per heavy atom. The van der Waals surface area contributed by atoms with Crippen LogP contribution in [0.15, 0.2) is 127 Å². The van der Waals surface area contributed by atoms with Crippen molar-refractivity contribution in [1.82, 2.24) is 9.13 Å². The van der Waals surface area contributed by atoms with Gasteiger partial charge >= 0.3 is 12.4 Å². The summed E-state index contributed by atoms with van der Waals surface area (Å²) in [5.41, 5.74) is -0.113. The first-order valence-corrected chi connectivity index (χ1v) is 18.5. The molecule has 0 N–H and O–H groups in total. The van der Waals surface area contributed by atoms with E-state index in [1.165, 1.54) is 30.3 Å². The van der Waals surface area contributed by atoms with Gasteiger partial charge in [-0.15, -0.1) is 0 Å². The lowest BCUT2D eigenvalue weighted by Crippen LogP contribution is -2.14. The highest BCUT2D eigenvalue weighted by Gasteiger charge is 2.41. The van der Waals surface area contributed by atoms with E-state index in [4.69, 9.17) is 0 Å². The van der Waals surface area contributed by atoms with Gasteiger partial charge in [-0.1, -0.05) is 12.1 Å². The van der Waals surface area contributed by atoms with Gasteiger partial charge in [-0.3, -0.25) is 0 Å². The molecule has 9 rings (SSSR count). The van der Waals surface area contributed by atoms with Crippen molar-refractivity contribution in [2.75, 3.05) is 0 Å². The van der Waals surface area contributed by atoms with Gasteiger partial charge in [0.15, 0.2) is 0 Å². The lowest BCUT2D eigenvalue weighted by molar-refractivity contribution is -0.142. The molecule has 0 radical (unpaired) electrons. The number of benzene rings is 7. The van der Waals surface area contributed by atoms with Crippen LogP contribution in [0.3, 0.4) is 0 Å². The quantitative estimate of drug-likeness (QED) is 0.163. The van der Waals surface area contributed by atoms with Crippen LogP contribution in [0.2, 0.25) is 0 Å². The molecule has 2 aromatic heterocycles. The van der Waals surface area contributed by atoms with Crippen LogP contribution in [0.5, 0.6) is 0 Å². The molecule has 0 aliphatic rings. The SMILES string of the molecule is N#Cc1ccc(-n2c3ccc(C#N)cc3c3cc(C#N)ccc32)c(-c2cc(-c3c(C(F)(F)F)cccc3C(F)(F)F)ccc2-n2c3ccc(C#N)cc3c3cc(C#N)ccc32)c1. The zero-order valence-electron chi connectivity index (χ0n) is 31.5. The van der Waals surface area contributed by atoms with Crippen molar-refractivity contribution < 1.29 is 26.3 Å². The standard InChI is InChI=1S/C49H21F6N7/c50-48(51,52)39-2-1-3-40(49(53,54)55)47(39)32-9-15-46(62-43-12-6-29(24-58)18-35(43)36-19-30(25-59)7-13-44(36)62)38(21-32)37-20-31(26-60)8-14-45(37)61-41-10-4-27(22-56)16-33(41)34-17-28(23-57)5-11-42(34)61/h1-21H.